The number of hydrazine groups is 1. The molecular weight excluding hydrogens is 533 g/mol. The molecule has 38 heavy (non-hydrogen) atoms. The number of nitrogens with two attached hydrogens (primary N) is 1. The number of nitrogens with one attached hydrogen (secondary N) is 1. The predicted octanol–water partition coefficient (Wildman–Crippen LogP) is 4.01. The van der Waals surface area contributed by atoms with E-state index in [1.165, 1.54) is 11.3 Å². The van der Waals surface area contributed by atoms with Crippen molar-refractivity contribution in [2.45, 2.75) is 58.4 Å². The molecule has 3 N–H and O–H groups in total. The number of hydrogen-bond acceptors (Lipinski definition) is 11. The summed E-state index contributed by atoms with van der Waals surface area (Å²) in [6, 6.07) is 6.21. The fourth-order valence-electron chi connectivity index (χ4n) is 3.52. The first kappa shape index (κ1) is 29.9. The first-order valence-corrected chi connectivity index (χ1v) is 13.7. The Morgan fingerprint density at radius 2 is 1.89 bits per heavy atom. The van der Waals surface area contributed by atoms with Crippen LogP contribution in [0, 0.1) is 0 Å². The molecule has 0 aliphatic rings. The summed E-state index contributed by atoms with van der Waals surface area (Å²) < 4.78 is 25.1. The van der Waals surface area contributed by atoms with Crippen molar-refractivity contribution < 1.29 is 23.3 Å². The third-order valence-electron chi connectivity index (χ3n) is 5.47. The maximum atomic E-state index is 12.4. The molecule has 12 nitrogen and oxygen atoms in total. The van der Waals surface area contributed by atoms with Crippen LogP contribution >= 0.6 is 20.1 Å². The van der Waals surface area contributed by atoms with Crippen LogP contribution in [0.15, 0.2) is 36.9 Å². The molecule has 4 atom stereocenters. The lowest BCUT2D eigenvalue weighted by molar-refractivity contribution is -0.149. The summed E-state index contributed by atoms with van der Waals surface area (Å²) in [4.78, 5) is 25.4. The van der Waals surface area contributed by atoms with Gasteiger partial charge in [-0.15, -0.1) is 0 Å². The van der Waals surface area contributed by atoms with Crippen molar-refractivity contribution in [3.05, 3.63) is 41.9 Å². The largest absolute Gasteiger partial charge is 0.462 e. The van der Waals surface area contributed by atoms with Gasteiger partial charge in [0.15, 0.2) is 17.0 Å². The summed E-state index contributed by atoms with van der Waals surface area (Å²) in [5.74, 6) is 6.56. The number of carbonyl (C=O) groups is 1. The molecule has 2 heterocycles. The van der Waals surface area contributed by atoms with Crippen LogP contribution in [-0.4, -0.2) is 64.5 Å². The molecule has 3 aromatic rings. The second-order valence-corrected chi connectivity index (χ2v) is 10.7. The molecule has 0 spiro atoms. The van der Waals surface area contributed by atoms with E-state index in [2.05, 4.69) is 20.0 Å². The highest BCUT2D eigenvalue weighted by molar-refractivity contribution is 7.45. The first-order chi connectivity index (χ1) is 18.1. The summed E-state index contributed by atoms with van der Waals surface area (Å²) in [7, 11) is 1.59. The zero-order chi connectivity index (χ0) is 27.8. The number of anilines is 1. The van der Waals surface area contributed by atoms with Crippen LogP contribution in [0.1, 0.15) is 40.2 Å². The number of methoxy groups -OCH3 is 1. The van der Waals surface area contributed by atoms with Gasteiger partial charge >= 0.3 is 14.5 Å². The molecule has 4 unspecified atom stereocenters. The van der Waals surface area contributed by atoms with Crippen LogP contribution < -0.4 is 20.5 Å². The fourth-order valence-corrected chi connectivity index (χ4v) is 4.87. The Morgan fingerprint density at radius 3 is 2.53 bits per heavy atom. The van der Waals surface area contributed by atoms with Gasteiger partial charge in [0.1, 0.15) is 18.1 Å². The van der Waals surface area contributed by atoms with Crippen molar-refractivity contribution in [1.29, 1.82) is 0 Å². The number of halogens is 1. The first-order valence-electron chi connectivity index (χ1n) is 12.1. The minimum Gasteiger partial charge on any atom is -0.462 e. The second-order valence-electron chi connectivity index (χ2n) is 9.01. The van der Waals surface area contributed by atoms with Gasteiger partial charge in [0.2, 0.25) is 0 Å². The van der Waals surface area contributed by atoms with E-state index in [9.17, 15) is 4.79 Å². The van der Waals surface area contributed by atoms with E-state index < -0.39 is 20.5 Å². The van der Waals surface area contributed by atoms with Gasteiger partial charge in [0.25, 0.3) is 0 Å². The zero-order valence-electron chi connectivity index (χ0n) is 22.4. The molecule has 3 rings (SSSR count). The molecule has 14 heteroatoms. The Labute approximate surface area is 228 Å². The minimum absolute atomic E-state index is 0.0318. The molecule has 208 valence electrons. The monoisotopic (exact) mass is 567 g/mol. The lowest BCUT2D eigenvalue weighted by Crippen LogP contribution is -2.35. The zero-order valence-corrected chi connectivity index (χ0v) is 24.0. The Morgan fingerprint density at radius 1 is 1.18 bits per heavy atom. The van der Waals surface area contributed by atoms with Crippen LogP contribution in [0.2, 0.25) is 5.02 Å². The molecule has 0 aliphatic carbocycles. The Balaban J connectivity index is 1.69. The van der Waals surface area contributed by atoms with Gasteiger partial charge in [-0.1, -0.05) is 11.6 Å². The van der Waals surface area contributed by atoms with E-state index in [0.717, 1.165) is 0 Å². The molecule has 0 saturated heterocycles. The van der Waals surface area contributed by atoms with Gasteiger partial charge in [-0.05, 0) is 58.4 Å². The van der Waals surface area contributed by atoms with Crippen molar-refractivity contribution in [3.63, 3.8) is 0 Å². The third-order valence-corrected chi connectivity index (χ3v) is 7.08. The SMILES string of the molecule is COC(COP(NC(C)C(=O)OC(C)C)Oc1ccc(Cl)cc1)CC(C)n1cnc2c(N(C)N)ncnc21. The van der Waals surface area contributed by atoms with E-state index in [1.807, 2.05) is 11.5 Å². The molecule has 0 saturated carbocycles. The third kappa shape index (κ3) is 8.20. The summed E-state index contributed by atoms with van der Waals surface area (Å²) in [6.07, 6.45) is 3.24. The molecular formula is C24H35ClN7O5P. The van der Waals surface area contributed by atoms with E-state index in [1.54, 1.807) is 65.5 Å². The van der Waals surface area contributed by atoms with E-state index in [4.69, 9.17) is 36.0 Å². The van der Waals surface area contributed by atoms with Gasteiger partial charge in [-0.2, -0.15) is 0 Å². The van der Waals surface area contributed by atoms with Crippen molar-refractivity contribution in [2.24, 2.45) is 5.84 Å². The predicted molar refractivity (Wildman–Crippen MR) is 147 cm³/mol. The second kappa shape index (κ2) is 14.0. The molecule has 0 bridgehead atoms. The molecule has 0 radical (unpaired) electrons. The summed E-state index contributed by atoms with van der Waals surface area (Å²) in [6.45, 7) is 7.53. The minimum atomic E-state index is -1.72. The highest BCUT2D eigenvalue weighted by Gasteiger charge is 2.26. The average molecular weight is 568 g/mol. The molecule has 1 aromatic carbocycles. The number of hydrogen-bond donors (Lipinski definition) is 2. The van der Waals surface area contributed by atoms with E-state index >= 15 is 0 Å². The fraction of sp³-hybridized carbons (Fsp3) is 0.500. The molecule has 0 amide bonds. The van der Waals surface area contributed by atoms with Crippen LogP contribution in [0.3, 0.4) is 0 Å². The van der Waals surface area contributed by atoms with Crippen molar-refractivity contribution >= 4 is 43.1 Å². The summed E-state index contributed by atoms with van der Waals surface area (Å²) in [5.41, 5.74) is 1.28. The number of carbonyl (C=O) groups excluding carboxylic acids is 1. The Hall–Kier alpha value is -2.60. The average Bonchev–Trinajstić information content (AvgIpc) is 3.31. The highest BCUT2D eigenvalue weighted by Crippen LogP contribution is 2.37. The Bertz CT molecular complexity index is 1180. The van der Waals surface area contributed by atoms with Crippen LogP contribution in [-0.2, 0) is 18.8 Å². The van der Waals surface area contributed by atoms with Crippen LogP contribution in [0.5, 0.6) is 5.75 Å². The maximum Gasteiger partial charge on any atom is 0.323 e. The number of benzene rings is 1. The van der Waals surface area contributed by atoms with Crippen molar-refractivity contribution in [2.75, 3.05) is 25.8 Å². The number of ether oxygens (including phenoxy) is 2. The topological polar surface area (TPSA) is 139 Å². The van der Waals surface area contributed by atoms with E-state index in [-0.39, 0.29) is 24.9 Å². The quantitative estimate of drug-likeness (QED) is 0.126. The van der Waals surface area contributed by atoms with Gasteiger partial charge in [0, 0.05) is 25.2 Å². The van der Waals surface area contributed by atoms with Crippen LogP contribution in [0.4, 0.5) is 5.82 Å². The number of aromatic nitrogens is 4. The molecule has 0 fully saturated rings. The van der Waals surface area contributed by atoms with E-state index in [0.29, 0.717) is 34.2 Å². The number of nitrogens with zero attached hydrogens (tertiary/aromatic N) is 5. The van der Waals surface area contributed by atoms with Gasteiger partial charge in [0.05, 0.1) is 25.1 Å². The number of imidazole rings is 1. The van der Waals surface area contributed by atoms with Gasteiger partial charge in [-0.25, -0.2) is 25.9 Å². The lowest BCUT2D eigenvalue weighted by atomic mass is 10.1. The van der Waals surface area contributed by atoms with Crippen molar-refractivity contribution in [1.82, 2.24) is 24.6 Å². The normalized spacial score (nSPS) is 14.8. The highest BCUT2D eigenvalue weighted by atomic mass is 35.5. The molecule has 2 aromatic heterocycles. The number of fused-ring (bicyclic) bond motifs is 1. The standard InChI is InChI=1S/C24H35ClN7O5P/c1-15(2)36-24(33)17(4)30-38(37-19-9-7-18(25)8-10-19)35-12-20(34-6)11-16(3)32-14-29-21-22(31(5)26)27-13-28-23(21)32/h7-10,13-17,20,30H,11-12,26H2,1-6H3. The smallest absolute Gasteiger partial charge is 0.323 e. The maximum absolute atomic E-state index is 12.4. The number of esters is 1. The number of rotatable bonds is 14. The van der Waals surface area contributed by atoms with Crippen LogP contribution in [0.25, 0.3) is 11.2 Å². The lowest BCUT2D eigenvalue weighted by Gasteiger charge is -2.25. The van der Waals surface area contributed by atoms with Gasteiger partial charge < -0.3 is 23.1 Å². The van der Waals surface area contributed by atoms with Gasteiger partial charge in [-0.3, -0.25) is 9.80 Å². The summed E-state index contributed by atoms with van der Waals surface area (Å²) in [5, 5.41) is 5.09. The summed E-state index contributed by atoms with van der Waals surface area (Å²) >= 11 is 6.00. The molecule has 0 aliphatic heterocycles. The van der Waals surface area contributed by atoms with Crippen molar-refractivity contribution in [3.8, 4) is 5.75 Å². The Kier molecular flexibility index (Phi) is 11.0.